The van der Waals surface area contributed by atoms with Gasteiger partial charge in [0.25, 0.3) is 5.91 Å². The summed E-state index contributed by atoms with van der Waals surface area (Å²) >= 11 is 4.58. The maximum absolute atomic E-state index is 12.9. The van der Waals surface area contributed by atoms with Crippen LogP contribution >= 0.6 is 34.4 Å². The SMILES string of the molecule is C=CCSc1ccccc1NC(=O)c1sc2nc(-c3cccs3)ccc2c1N. The van der Waals surface area contributed by atoms with Crippen molar-refractivity contribution in [1.82, 2.24) is 4.98 Å². The quantitative estimate of drug-likeness (QED) is 0.289. The molecule has 1 amide bonds. The Hall–Kier alpha value is -2.61. The van der Waals surface area contributed by atoms with Crippen molar-refractivity contribution in [2.45, 2.75) is 4.90 Å². The van der Waals surface area contributed by atoms with E-state index in [1.54, 1.807) is 23.1 Å². The second-order valence-electron chi connectivity index (χ2n) is 5.92. The molecule has 0 atom stereocenters. The van der Waals surface area contributed by atoms with Gasteiger partial charge in [-0.2, -0.15) is 0 Å². The molecule has 7 heteroatoms. The van der Waals surface area contributed by atoms with Gasteiger partial charge < -0.3 is 11.1 Å². The number of fused-ring (bicyclic) bond motifs is 1. The van der Waals surface area contributed by atoms with Crippen molar-refractivity contribution in [2.24, 2.45) is 0 Å². The number of nitrogens with two attached hydrogens (primary N) is 1. The molecule has 140 valence electrons. The molecule has 1 aromatic carbocycles. The van der Waals surface area contributed by atoms with E-state index in [0.717, 1.165) is 37.1 Å². The van der Waals surface area contributed by atoms with Gasteiger partial charge in [0.05, 0.1) is 21.9 Å². The molecule has 4 nitrogen and oxygen atoms in total. The summed E-state index contributed by atoms with van der Waals surface area (Å²) in [5, 5.41) is 5.82. The van der Waals surface area contributed by atoms with Crippen LogP contribution < -0.4 is 11.1 Å². The molecule has 0 spiro atoms. The molecule has 0 unspecified atom stereocenters. The van der Waals surface area contributed by atoms with E-state index in [1.807, 2.05) is 60.0 Å². The van der Waals surface area contributed by atoms with Crippen LogP contribution in [0.25, 0.3) is 20.8 Å². The van der Waals surface area contributed by atoms with Crippen molar-refractivity contribution in [3.63, 3.8) is 0 Å². The number of para-hydroxylation sites is 1. The number of thioether (sulfide) groups is 1. The van der Waals surface area contributed by atoms with Crippen molar-refractivity contribution >= 4 is 61.9 Å². The van der Waals surface area contributed by atoms with Crippen LogP contribution in [0.5, 0.6) is 0 Å². The maximum Gasteiger partial charge on any atom is 0.267 e. The number of amides is 1. The van der Waals surface area contributed by atoms with Gasteiger partial charge in [-0.3, -0.25) is 4.79 Å². The minimum Gasteiger partial charge on any atom is -0.397 e. The first-order valence-corrected chi connectivity index (χ1v) is 11.2. The summed E-state index contributed by atoms with van der Waals surface area (Å²) < 4.78 is 0. The third-order valence-corrected chi connectivity index (χ3v) is 7.14. The summed E-state index contributed by atoms with van der Waals surface area (Å²) in [6.07, 6.45) is 1.84. The number of pyridine rings is 1. The molecule has 0 fully saturated rings. The topological polar surface area (TPSA) is 68.0 Å². The zero-order valence-corrected chi connectivity index (χ0v) is 17.3. The Morgan fingerprint density at radius 2 is 2.07 bits per heavy atom. The van der Waals surface area contributed by atoms with Gasteiger partial charge in [-0.1, -0.05) is 24.3 Å². The molecule has 3 heterocycles. The summed E-state index contributed by atoms with van der Waals surface area (Å²) in [6.45, 7) is 3.75. The van der Waals surface area contributed by atoms with Gasteiger partial charge in [0.15, 0.2) is 0 Å². The number of nitrogen functional groups attached to an aromatic ring is 1. The molecule has 4 rings (SSSR count). The van der Waals surface area contributed by atoms with Gasteiger partial charge >= 0.3 is 0 Å². The van der Waals surface area contributed by atoms with Gasteiger partial charge in [-0.15, -0.1) is 41.0 Å². The van der Waals surface area contributed by atoms with Crippen LogP contribution in [-0.2, 0) is 0 Å². The van der Waals surface area contributed by atoms with E-state index in [1.165, 1.54) is 11.3 Å². The predicted octanol–water partition coefficient (Wildman–Crippen LogP) is 6.14. The molecule has 0 radical (unpaired) electrons. The number of anilines is 2. The van der Waals surface area contributed by atoms with Crippen molar-refractivity contribution in [3.05, 3.63) is 71.4 Å². The molecule has 0 saturated carbocycles. The number of nitrogens with zero attached hydrogens (tertiary/aromatic N) is 1. The fraction of sp³-hybridized carbons (Fsp3) is 0.0476. The summed E-state index contributed by atoms with van der Waals surface area (Å²) in [7, 11) is 0. The minimum atomic E-state index is -0.218. The van der Waals surface area contributed by atoms with E-state index in [9.17, 15) is 4.79 Å². The molecule has 0 aliphatic heterocycles. The molecule has 0 bridgehead atoms. The highest BCUT2D eigenvalue weighted by Crippen LogP contribution is 2.36. The lowest BCUT2D eigenvalue weighted by molar-refractivity contribution is 0.103. The zero-order chi connectivity index (χ0) is 19.5. The smallest absolute Gasteiger partial charge is 0.267 e. The van der Waals surface area contributed by atoms with Gasteiger partial charge in [0.2, 0.25) is 0 Å². The number of nitrogens with one attached hydrogen (secondary N) is 1. The van der Waals surface area contributed by atoms with Crippen molar-refractivity contribution < 1.29 is 4.79 Å². The molecular formula is C21H17N3OS3. The first-order chi connectivity index (χ1) is 13.7. The summed E-state index contributed by atoms with van der Waals surface area (Å²) in [5.74, 6) is 0.553. The standard InChI is InChI=1S/C21H17N3OS3/c1-2-11-26-16-7-4-3-6-14(16)23-20(25)19-18(22)13-9-10-15(24-21(13)28-19)17-8-5-12-27-17/h2-10,12H,1,11,22H2,(H,23,25). The lowest BCUT2D eigenvalue weighted by Gasteiger charge is -2.09. The van der Waals surface area contributed by atoms with Gasteiger partial charge in [0, 0.05) is 16.0 Å². The third-order valence-electron chi connectivity index (χ3n) is 4.07. The second kappa shape index (κ2) is 8.18. The number of hydrogen-bond donors (Lipinski definition) is 2. The Morgan fingerprint density at radius 3 is 2.86 bits per heavy atom. The van der Waals surface area contributed by atoms with E-state index < -0.39 is 0 Å². The molecule has 4 aromatic rings. The molecule has 0 saturated heterocycles. The van der Waals surface area contributed by atoms with E-state index in [0.29, 0.717) is 10.6 Å². The number of carbonyl (C=O) groups excluding carboxylic acids is 1. The number of hydrogen-bond acceptors (Lipinski definition) is 6. The first kappa shape index (κ1) is 18.7. The summed E-state index contributed by atoms with van der Waals surface area (Å²) in [5.41, 5.74) is 8.40. The van der Waals surface area contributed by atoms with Crippen LogP contribution in [0.1, 0.15) is 9.67 Å². The Labute approximate surface area is 175 Å². The highest BCUT2D eigenvalue weighted by atomic mass is 32.2. The number of aromatic nitrogens is 1. The van der Waals surface area contributed by atoms with E-state index >= 15 is 0 Å². The average Bonchev–Trinajstić information content (AvgIpc) is 3.35. The fourth-order valence-electron chi connectivity index (χ4n) is 2.75. The first-order valence-electron chi connectivity index (χ1n) is 8.54. The van der Waals surface area contributed by atoms with Crippen molar-refractivity contribution in [2.75, 3.05) is 16.8 Å². The van der Waals surface area contributed by atoms with E-state index in [2.05, 4.69) is 11.9 Å². The van der Waals surface area contributed by atoms with Crippen LogP contribution in [0, 0.1) is 0 Å². The number of thiophene rings is 2. The highest BCUT2D eigenvalue weighted by Gasteiger charge is 2.19. The maximum atomic E-state index is 12.9. The van der Waals surface area contributed by atoms with Gasteiger partial charge in [0.1, 0.15) is 9.71 Å². The molecular weight excluding hydrogens is 406 g/mol. The summed E-state index contributed by atoms with van der Waals surface area (Å²) in [6, 6.07) is 15.6. The van der Waals surface area contributed by atoms with Crippen molar-refractivity contribution in [1.29, 1.82) is 0 Å². The van der Waals surface area contributed by atoms with Gasteiger partial charge in [-0.05, 0) is 35.7 Å². The zero-order valence-electron chi connectivity index (χ0n) is 14.8. The lowest BCUT2D eigenvalue weighted by atomic mass is 10.2. The summed E-state index contributed by atoms with van der Waals surface area (Å²) in [4.78, 5) is 20.9. The Morgan fingerprint density at radius 1 is 1.21 bits per heavy atom. The van der Waals surface area contributed by atoms with Gasteiger partial charge in [-0.25, -0.2) is 4.98 Å². The van der Waals surface area contributed by atoms with Crippen molar-refractivity contribution in [3.8, 4) is 10.6 Å². The fourth-order valence-corrected chi connectivity index (χ4v) is 5.18. The van der Waals surface area contributed by atoms with E-state index in [4.69, 9.17) is 10.7 Å². The molecule has 3 N–H and O–H groups in total. The minimum absolute atomic E-state index is 0.218. The average molecular weight is 424 g/mol. The molecule has 0 aliphatic carbocycles. The molecule has 0 aliphatic rings. The van der Waals surface area contributed by atoms with Crippen LogP contribution in [-0.4, -0.2) is 16.6 Å². The number of benzene rings is 1. The Kier molecular flexibility index (Phi) is 5.47. The van der Waals surface area contributed by atoms with Crippen LogP contribution in [0.3, 0.4) is 0 Å². The number of carbonyl (C=O) groups is 1. The molecule has 28 heavy (non-hydrogen) atoms. The second-order valence-corrected chi connectivity index (χ2v) is 8.93. The lowest BCUT2D eigenvalue weighted by Crippen LogP contribution is -2.12. The monoisotopic (exact) mass is 423 g/mol. The third kappa shape index (κ3) is 3.69. The predicted molar refractivity (Wildman–Crippen MR) is 123 cm³/mol. The van der Waals surface area contributed by atoms with Crippen LogP contribution in [0.15, 0.2) is 71.5 Å². The number of rotatable bonds is 6. The molecule has 3 aromatic heterocycles. The van der Waals surface area contributed by atoms with Crippen LogP contribution in [0.2, 0.25) is 0 Å². The Bertz CT molecular complexity index is 1150. The van der Waals surface area contributed by atoms with E-state index in [-0.39, 0.29) is 5.91 Å². The highest BCUT2D eigenvalue weighted by molar-refractivity contribution is 7.99. The normalized spacial score (nSPS) is 10.9. The van der Waals surface area contributed by atoms with Crippen LogP contribution in [0.4, 0.5) is 11.4 Å². The largest absolute Gasteiger partial charge is 0.397 e. The Balaban J connectivity index is 1.65.